The van der Waals surface area contributed by atoms with Gasteiger partial charge in [0.15, 0.2) is 0 Å². The van der Waals surface area contributed by atoms with Gasteiger partial charge in [-0.1, -0.05) is 18.6 Å². The second-order valence-electron chi connectivity index (χ2n) is 6.49. The number of H-pyrrole nitrogens is 1. The molecule has 1 aromatic carbocycles. The van der Waals surface area contributed by atoms with Crippen molar-refractivity contribution in [1.82, 2.24) is 15.3 Å². The Kier molecular flexibility index (Phi) is 5.13. The van der Waals surface area contributed by atoms with Crippen molar-refractivity contribution in [2.75, 3.05) is 6.54 Å². The first-order chi connectivity index (χ1) is 11.6. The molecule has 0 bridgehead atoms. The molecule has 2 atom stereocenters. The zero-order valence-electron chi connectivity index (χ0n) is 13.6. The Morgan fingerprint density at radius 3 is 2.83 bits per heavy atom. The van der Waals surface area contributed by atoms with Crippen molar-refractivity contribution in [2.24, 2.45) is 11.8 Å². The third-order valence-electron chi connectivity index (χ3n) is 4.72. The summed E-state index contributed by atoms with van der Waals surface area (Å²) < 4.78 is 0. The number of nitrogens with one attached hydrogen (secondary N) is 2. The average molecular weight is 329 g/mol. The molecule has 1 aliphatic rings. The van der Waals surface area contributed by atoms with Crippen LogP contribution in [0.25, 0.3) is 11.0 Å². The number of carbonyl (C=O) groups is 2. The van der Waals surface area contributed by atoms with E-state index < -0.39 is 5.97 Å². The van der Waals surface area contributed by atoms with Crippen molar-refractivity contribution in [1.29, 1.82) is 0 Å². The SMILES string of the molecule is O=C(O)C1CCCC(C(=O)NCCCc2nc3ccccc3[nH]2)C1. The molecule has 3 N–H and O–H groups in total. The van der Waals surface area contributed by atoms with Crippen LogP contribution in [0.4, 0.5) is 0 Å². The van der Waals surface area contributed by atoms with Crippen molar-refractivity contribution >= 4 is 22.9 Å². The topological polar surface area (TPSA) is 95.1 Å². The maximum atomic E-state index is 12.2. The molecule has 1 aromatic heterocycles. The van der Waals surface area contributed by atoms with E-state index in [0.717, 1.165) is 42.5 Å². The Morgan fingerprint density at radius 2 is 2.04 bits per heavy atom. The quantitative estimate of drug-likeness (QED) is 0.710. The largest absolute Gasteiger partial charge is 0.481 e. The van der Waals surface area contributed by atoms with E-state index in [4.69, 9.17) is 5.11 Å². The molecular weight excluding hydrogens is 306 g/mol. The summed E-state index contributed by atoms with van der Waals surface area (Å²) in [5.41, 5.74) is 1.98. The number of imidazole rings is 1. The first-order valence-corrected chi connectivity index (χ1v) is 8.57. The summed E-state index contributed by atoms with van der Waals surface area (Å²) in [6.45, 7) is 0.587. The van der Waals surface area contributed by atoms with Crippen LogP contribution in [0.5, 0.6) is 0 Å². The van der Waals surface area contributed by atoms with Gasteiger partial charge in [-0.25, -0.2) is 4.98 Å². The molecule has 0 saturated heterocycles. The number of hydrogen-bond donors (Lipinski definition) is 3. The number of rotatable bonds is 6. The third kappa shape index (κ3) is 3.93. The molecule has 128 valence electrons. The van der Waals surface area contributed by atoms with E-state index in [2.05, 4.69) is 15.3 Å². The number of hydrogen-bond acceptors (Lipinski definition) is 3. The van der Waals surface area contributed by atoms with E-state index in [9.17, 15) is 9.59 Å². The highest BCUT2D eigenvalue weighted by Crippen LogP contribution is 2.29. The van der Waals surface area contributed by atoms with Crippen molar-refractivity contribution < 1.29 is 14.7 Å². The lowest BCUT2D eigenvalue weighted by atomic mass is 9.81. The second-order valence-corrected chi connectivity index (χ2v) is 6.49. The number of carboxylic acids is 1. The van der Waals surface area contributed by atoms with Gasteiger partial charge < -0.3 is 15.4 Å². The first-order valence-electron chi connectivity index (χ1n) is 8.57. The van der Waals surface area contributed by atoms with Crippen LogP contribution in [0.1, 0.15) is 37.9 Å². The number of aryl methyl sites for hydroxylation is 1. The number of aliphatic carboxylic acids is 1. The van der Waals surface area contributed by atoms with Gasteiger partial charge in [0.05, 0.1) is 17.0 Å². The molecule has 1 amide bonds. The molecule has 3 rings (SSSR count). The van der Waals surface area contributed by atoms with Crippen LogP contribution in [-0.4, -0.2) is 33.5 Å². The van der Waals surface area contributed by atoms with Crippen molar-refractivity contribution in [2.45, 2.75) is 38.5 Å². The molecule has 6 heteroatoms. The number of aromatic nitrogens is 2. The van der Waals surface area contributed by atoms with Crippen LogP contribution in [0, 0.1) is 11.8 Å². The minimum atomic E-state index is -0.780. The van der Waals surface area contributed by atoms with Gasteiger partial charge in [-0.3, -0.25) is 9.59 Å². The number of nitrogens with zero attached hydrogens (tertiary/aromatic N) is 1. The number of carboxylic acid groups (broad SMARTS) is 1. The lowest BCUT2D eigenvalue weighted by Gasteiger charge is -2.25. The molecule has 6 nitrogen and oxygen atoms in total. The fourth-order valence-electron chi connectivity index (χ4n) is 3.39. The standard InChI is InChI=1S/C18H23N3O3/c22-17(12-5-3-6-13(11-12)18(23)24)19-10-4-9-16-20-14-7-1-2-8-15(14)21-16/h1-2,7-8,12-13H,3-6,9-11H2,(H,19,22)(H,20,21)(H,23,24). The fourth-order valence-corrected chi connectivity index (χ4v) is 3.39. The van der Waals surface area contributed by atoms with Gasteiger partial charge in [0.1, 0.15) is 5.82 Å². The molecule has 0 radical (unpaired) electrons. The maximum Gasteiger partial charge on any atom is 0.306 e. The number of fused-ring (bicyclic) bond motifs is 1. The van der Waals surface area contributed by atoms with Gasteiger partial charge in [-0.15, -0.1) is 0 Å². The predicted octanol–water partition coefficient (Wildman–Crippen LogP) is 2.50. The summed E-state index contributed by atoms with van der Waals surface area (Å²) in [6.07, 6.45) is 4.33. The molecule has 1 fully saturated rings. The average Bonchev–Trinajstić information content (AvgIpc) is 3.01. The zero-order valence-corrected chi connectivity index (χ0v) is 13.6. The summed E-state index contributed by atoms with van der Waals surface area (Å²) in [6, 6.07) is 7.90. The van der Waals surface area contributed by atoms with Crippen LogP contribution in [0.15, 0.2) is 24.3 Å². The lowest BCUT2D eigenvalue weighted by molar-refractivity contribution is -0.144. The van der Waals surface area contributed by atoms with Gasteiger partial charge in [-0.05, 0) is 37.8 Å². The Morgan fingerprint density at radius 1 is 1.25 bits per heavy atom. The van der Waals surface area contributed by atoms with Gasteiger partial charge in [0, 0.05) is 18.9 Å². The van der Waals surface area contributed by atoms with Crippen molar-refractivity contribution in [3.05, 3.63) is 30.1 Å². The zero-order chi connectivity index (χ0) is 16.9. The molecular formula is C18H23N3O3. The summed E-state index contributed by atoms with van der Waals surface area (Å²) in [5, 5.41) is 12.0. The highest BCUT2D eigenvalue weighted by atomic mass is 16.4. The monoisotopic (exact) mass is 329 g/mol. The van der Waals surface area contributed by atoms with E-state index in [1.807, 2.05) is 24.3 Å². The van der Waals surface area contributed by atoms with E-state index in [-0.39, 0.29) is 17.7 Å². The maximum absolute atomic E-state index is 12.2. The third-order valence-corrected chi connectivity index (χ3v) is 4.72. The second kappa shape index (κ2) is 7.47. The van der Waals surface area contributed by atoms with E-state index in [1.165, 1.54) is 0 Å². The van der Waals surface area contributed by atoms with Crippen LogP contribution in [0.3, 0.4) is 0 Å². The van der Waals surface area contributed by atoms with E-state index >= 15 is 0 Å². The summed E-state index contributed by atoms with van der Waals surface area (Å²) >= 11 is 0. The molecule has 1 saturated carbocycles. The van der Waals surface area contributed by atoms with Crippen molar-refractivity contribution in [3.8, 4) is 0 Å². The predicted molar refractivity (Wildman–Crippen MR) is 90.5 cm³/mol. The van der Waals surface area contributed by atoms with Gasteiger partial charge >= 0.3 is 5.97 Å². The Bertz CT molecular complexity index is 692. The number of para-hydroxylation sites is 2. The lowest BCUT2D eigenvalue weighted by Crippen LogP contribution is -2.36. The smallest absolute Gasteiger partial charge is 0.306 e. The molecule has 2 aromatic rings. The molecule has 24 heavy (non-hydrogen) atoms. The number of carbonyl (C=O) groups excluding carboxylic acids is 1. The number of aromatic amines is 1. The molecule has 2 unspecified atom stereocenters. The van der Waals surface area contributed by atoms with E-state index in [1.54, 1.807) is 0 Å². The van der Waals surface area contributed by atoms with Crippen LogP contribution >= 0.6 is 0 Å². The van der Waals surface area contributed by atoms with Gasteiger partial charge in [0.2, 0.25) is 5.91 Å². The first kappa shape index (κ1) is 16.5. The molecule has 1 heterocycles. The van der Waals surface area contributed by atoms with Crippen LogP contribution in [0.2, 0.25) is 0 Å². The van der Waals surface area contributed by atoms with Gasteiger partial charge in [-0.2, -0.15) is 0 Å². The molecule has 1 aliphatic carbocycles. The highest BCUT2D eigenvalue weighted by molar-refractivity contribution is 5.80. The Hall–Kier alpha value is -2.37. The number of benzene rings is 1. The van der Waals surface area contributed by atoms with Crippen LogP contribution < -0.4 is 5.32 Å². The summed E-state index contributed by atoms with van der Waals surface area (Å²) in [7, 11) is 0. The Balaban J connectivity index is 1.42. The molecule has 0 spiro atoms. The minimum absolute atomic E-state index is 0.00874. The van der Waals surface area contributed by atoms with Crippen molar-refractivity contribution in [3.63, 3.8) is 0 Å². The normalized spacial score (nSPS) is 20.8. The Labute approximate surface area is 140 Å². The highest BCUT2D eigenvalue weighted by Gasteiger charge is 2.30. The summed E-state index contributed by atoms with van der Waals surface area (Å²) in [4.78, 5) is 31.1. The fraction of sp³-hybridized carbons (Fsp3) is 0.500. The summed E-state index contributed by atoms with van der Waals surface area (Å²) in [5.74, 6) is -0.395. The van der Waals surface area contributed by atoms with E-state index in [0.29, 0.717) is 19.4 Å². The molecule has 0 aliphatic heterocycles. The van der Waals surface area contributed by atoms with Gasteiger partial charge in [0.25, 0.3) is 0 Å². The van der Waals surface area contributed by atoms with Crippen LogP contribution in [-0.2, 0) is 16.0 Å². The number of amides is 1. The minimum Gasteiger partial charge on any atom is -0.481 e.